The summed E-state index contributed by atoms with van der Waals surface area (Å²) in [6.07, 6.45) is 0. The summed E-state index contributed by atoms with van der Waals surface area (Å²) < 4.78 is 18.2. The normalized spacial score (nSPS) is 10.7. The Labute approximate surface area is 225 Å². The number of hydrogen-bond donors (Lipinski definition) is 0. The van der Waals surface area contributed by atoms with E-state index in [2.05, 4.69) is 21.0 Å². The fourth-order valence-corrected chi connectivity index (χ4v) is 4.37. The molecule has 36 heavy (non-hydrogen) atoms. The van der Waals surface area contributed by atoms with Crippen molar-refractivity contribution in [2.24, 2.45) is 0 Å². The number of halogens is 3. The molecule has 0 aliphatic rings. The van der Waals surface area contributed by atoms with Crippen molar-refractivity contribution in [3.8, 4) is 22.7 Å². The first-order chi connectivity index (χ1) is 17.3. The van der Waals surface area contributed by atoms with Crippen LogP contribution in [0.2, 0.25) is 10.0 Å². The van der Waals surface area contributed by atoms with Crippen molar-refractivity contribution < 1.29 is 23.8 Å². The molecule has 1 heterocycles. The zero-order valence-electron chi connectivity index (χ0n) is 19.1. The third-order valence-electron chi connectivity index (χ3n) is 5.25. The van der Waals surface area contributed by atoms with Crippen LogP contribution in [0.25, 0.3) is 16.9 Å². The number of rotatable bonds is 7. The second-order valence-electron chi connectivity index (χ2n) is 7.47. The van der Waals surface area contributed by atoms with Crippen molar-refractivity contribution in [1.29, 1.82) is 0 Å². The van der Waals surface area contributed by atoms with E-state index in [0.717, 1.165) is 0 Å². The third kappa shape index (κ3) is 5.26. The van der Waals surface area contributed by atoms with Gasteiger partial charge >= 0.3 is 11.9 Å². The molecule has 0 aliphatic heterocycles. The van der Waals surface area contributed by atoms with Gasteiger partial charge in [0.1, 0.15) is 23.6 Å². The SMILES string of the molecule is COC(=O)c1c(-c2cc(Br)ccc2OCc2ccc(Cl)cc2Cl)nn(-c2ccccc2)c1C(=O)OC. The Hall–Kier alpha value is -3.33. The molecule has 0 unspecified atom stereocenters. The van der Waals surface area contributed by atoms with Crippen LogP contribution in [-0.4, -0.2) is 35.9 Å². The predicted molar refractivity (Wildman–Crippen MR) is 140 cm³/mol. The van der Waals surface area contributed by atoms with Crippen LogP contribution in [0.3, 0.4) is 0 Å². The molecule has 0 spiro atoms. The lowest BCUT2D eigenvalue weighted by molar-refractivity contribution is 0.0549. The predicted octanol–water partition coefficient (Wildman–Crippen LogP) is 6.76. The highest BCUT2D eigenvalue weighted by atomic mass is 79.9. The largest absolute Gasteiger partial charge is 0.488 e. The molecule has 0 saturated heterocycles. The number of nitrogens with zero attached hydrogens (tertiary/aromatic N) is 2. The van der Waals surface area contributed by atoms with Crippen molar-refractivity contribution in [3.05, 3.63) is 98.1 Å². The molecular weight excluding hydrogens is 571 g/mol. The number of benzene rings is 3. The summed E-state index contributed by atoms with van der Waals surface area (Å²) >= 11 is 15.8. The van der Waals surface area contributed by atoms with Gasteiger partial charge in [-0.1, -0.05) is 63.4 Å². The molecule has 0 bridgehead atoms. The zero-order valence-corrected chi connectivity index (χ0v) is 22.2. The fraction of sp³-hybridized carbons (Fsp3) is 0.115. The second kappa shape index (κ2) is 11.2. The maximum atomic E-state index is 13.0. The molecule has 1 aromatic heterocycles. The van der Waals surface area contributed by atoms with Gasteiger partial charge in [-0.15, -0.1) is 0 Å². The minimum atomic E-state index is -0.751. The summed E-state index contributed by atoms with van der Waals surface area (Å²) in [5.41, 5.74) is 1.78. The van der Waals surface area contributed by atoms with Crippen molar-refractivity contribution in [2.45, 2.75) is 6.61 Å². The van der Waals surface area contributed by atoms with E-state index < -0.39 is 11.9 Å². The lowest BCUT2D eigenvalue weighted by Gasteiger charge is -2.13. The molecule has 0 N–H and O–H groups in total. The van der Waals surface area contributed by atoms with Gasteiger partial charge in [0.15, 0.2) is 5.69 Å². The summed E-state index contributed by atoms with van der Waals surface area (Å²) in [5, 5.41) is 5.61. The Balaban J connectivity index is 1.90. The molecule has 0 atom stereocenters. The van der Waals surface area contributed by atoms with Gasteiger partial charge in [-0.25, -0.2) is 14.3 Å². The number of aromatic nitrogens is 2. The van der Waals surface area contributed by atoms with Gasteiger partial charge in [0, 0.05) is 25.6 Å². The zero-order chi connectivity index (χ0) is 25.8. The van der Waals surface area contributed by atoms with Crippen molar-refractivity contribution in [2.75, 3.05) is 14.2 Å². The van der Waals surface area contributed by atoms with E-state index in [0.29, 0.717) is 37.1 Å². The van der Waals surface area contributed by atoms with Crippen LogP contribution in [0.5, 0.6) is 5.75 Å². The number of methoxy groups -OCH3 is 2. The first-order valence-electron chi connectivity index (χ1n) is 10.6. The van der Waals surface area contributed by atoms with Gasteiger partial charge < -0.3 is 14.2 Å². The van der Waals surface area contributed by atoms with E-state index in [4.69, 9.17) is 37.4 Å². The number of esters is 2. The number of hydrogen-bond acceptors (Lipinski definition) is 6. The first kappa shape index (κ1) is 25.8. The number of carbonyl (C=O) groups excluding carboxylic acids is 2. The molecule has 184 valence electrons. The third-order valence-corrected chi connectivity index (χ3v) is 6.33. The summed E-state index contributed by atoms with van der Waals surface area (Å²) in [6, 6.07) is 19.3. The Morgan fingerprint density at radius 2 is 1.67 bits per heavy atom. The van der Waals surface area contributed by atoms with E-state index >= 15 is 0 Å². The highest BCUT2D eigenvalue weighted by Crippen LogP contribution is 2.37. The van der Waals surface area contributed by atoms with E-state index in [1.165, 1.54) is 18.9 Å². The Morgan fingerprint density at radius 1 is 0.944 bits per heavy atom. The molecule has 4 rings (SSSR count). The fourth-order valence-electron chi connectivity index (χ4n) is 3.55. The molecule has 0 saturated carbocycles. The van der Waals surface area contributed by atoms with Crippen LogP contribution in [-0.2, 0) is 16.1 Å². The van der Waals surface area contributed by atoms with Crippen LogP contribution >= 0.6 is 39.1 Å². The maximum absolute atomic E-state index is 13.0. The molecule has 0 aliphatic carbocycles. The maximum Gasteiger partial charge on any atom is 0.357 e. The van der Waals surface area contributed by atoms with Gasteiger partial charge in [-0.05, 0) is 42.5 Å². The standard InChI is InChI=1S/C26H19BrCl2N2O5/c1-34-25(32)22-23(30-31(24(22)26(33)35-2)18-6-4-3-5-7-18)19-12-16(27)9-11-21(19)36-14-15-8-10-17(28)13-20(15)29/h3-13H,14H2,1-2H3. The van der Waals surface area contributed by atoms with Crippen LogP contribution < -0.4 is 4.74 Å². The molecular formula is C26H19BrCl2N2O5. The average molecular weight is 590 g/mol. The Bertz CT molecular complexity index is 1440. The summed E-state index contributed by atoms with van der Waals surface area (Å²) in [4.78, 5) is 25.8. The number of para-hydroxylation sites is 1. The van der Waals surface area contributed by atoms with Crippen LogP contribution in [0, 0.1) is 0 Å². The van der Waals surface area contributed by atoms with Gasteiger partial charge in [0.2, 0.25) is 0 Å². The highest BCUT2D eigenvalue weighted by Gasteiger charge is 2.32. The van der Waals surface area contributed by atoms with E-state index in [1.807, 2.05) is 6.07 Å². The molecule has 0 amide bonds. The summed E-state index contributed by atoms with van der Waals surface area (Å²) in [6.45, 7) is 0.126. The molecule has 3 aromatic carbocycles. The number of carbonyl (C=O) groups is 2. The smallest absolute Gasteiger partial charge is 0.357 e. The molecule has 7 nitrogen and oxygen atoms in total. The number of ether oxygens (including phenoxy) is 3. The van der Waals surface area contributed by atoms with Crippen molar-refractivity contribution in [3.63, 3.8) is 0 Å². The van der Waals surface area contributed by atoms with Crippen LogP contribution in [0.1, 0.15) is 26.4 Å². The van der Waals surface area contributed by atoms with Crippen LogP contribution in [0.4, 0.5) is 0 Å². The Kier molecular flexibility index (Phi) is 7.98. The quantitative estimate of drug-likeness (QED) is 0.222. The minimum absolute atomic E-state index is 0.0549. The van der Waals surface area contributed by atoms with Gasteiger partial charge in [0.05, 0.1) is 19.9 Å². The van der Waals surface area contributed by atoms with Crippen molar-refractivity contribution >= 4 is 51.1 Å². The van der Waals surface area contributed by atoms with Crippen LogP contribution in [0.15, 0.2) is 71.2 Å². The lowest BCUT2D eigenvalue weighted by Crippen LogP contribution is -2.15. The summed E-state index contributed by atoms with van der Waals surface area (Å²) in [5.74, 6) is -1.09. The molecule has 0 radical (unpaired) electrons. The summed E-state index contributed by atoms with van der Waals surface area (Å²) in [7, 11) is 2.46. The topological polar surface area (TPSA) is 79.7 Å². The molecule has 4 aromatic rings. The van der Waals surface area contributed by atoms with E-state index in [-0.39, 0.29) is 23.6 Å². The molecule has 10 heteroatoms. The first-order valence-corrected chi connectivity index (χ1v) is 12.1. The lowest BCUT2D eigenvalue weighted by atomic mass is 10.0. The molecule has 0 fully saturated rings. The monoisotopic (exact) mass is 588 g/mol. The average Bonchev–Trinajstić information content (AvgIpc) is 3.29. The second-order valence-corrected chi connectivity index (χ2v) is 9.23. The van der Waals surface area contributed by atoms with Crippen molar-refractivity contribution in [1.82, 2.24) is 9.78 Å². The Morgan fingerprint density at radius 3 is 2.33 bits per heavy atom. The highest BCUT2D eigenvalue weighted by molar-refractivity contribution is 9.10. The minimum Gasteiger partial charge on any atom is -0.488 e. The van der Waals surface area contributed by atoms with Gasteiger partial charge in [-0.3, -0.25) is 0 Å². The van der Waals surface area contributed by atoms with E-state index in [9.17, 15) is 9.59 Å². The van der Waals surface area contributed by atoms with Gasteiger partial charge in [-0.2, -0.15) is 5.10 Å². The van der Waals surface area contributed by atoms with E-state index in [1.54, 1.807) is 60.7 Å². The van der Waals surface area contributed by atoms with Gasteiger partial charge in [0.25, 0.3) is 0 Å².